The second-order valence-electron chi connectivity index (χ2n) is 5.15. The van der Waals surface area contributed by atoms with Gasteiger partial charge in [0.1, 0.15) is 22.7 Å². The van der Waals surface area contributed by atoms with E-state index < -0.39 is 0 Å². The number of benzene rings is 1. The summed E-state index contributed by atoms with van der Waals surface area (Å²) in [5.74, 6) is 1.89. The molecule has 1 aromatic carbocycles. The van der Waals surface area contributed by atoms with Gasteiger partial charge in [0.15, 0.2) is 0 Å². The minimum atomic E-state index is 0.737. The zero-order chi connectivity index (χ0) is 13.4. The number of hydrogen-bond acceptors (Lipinski definition) is 3. The molecule has 2 aromatic heterocycles. The van der Waals surface area contributed by atoms with Crippen LogP contribution >= 0.6 is 0 Å². The van der Waals surface area contributed by atoms with Gasteiger partial charge in [-0.15, -0.1) is 0 Å². The third-order valence-electron chi connectivity index (χ3n) is 3.53. The average molecular weight is 257 g/mol. The predicted molar refractivity (Wildman–Crippen MR) is 77.5 cm³/mol. The molecule has 3 heteroatoms. The van der Waals surface area contributed by atoms with Crippen LogP contribution in [0.25, 0.3) is 21.9 Å². The summed E-state index contributed by atoms with van der Waals surface area (Å²) in [6.07, 6.45) is 3.10. The molecule has 3 rings (SSSR count). The average Bonchev–Trinajstić information content (AvgIpc) is 2.89. The van der Waals surface area contributed by atoms with Gasteiger partial charge in [0.2, 0.25) is 0 Å². The third-order valence-corrected chi connectivity index (χ3v) is 3.53. The number of unbranched alkanes of at least 4 members (excludes halogenated alkanes) is 1. The number of rotatable bonds is 4. The number of furan rings is 2. The van der Waals surface area contributed by atoms with Crippen LogP contribution in [0.2, 0.25) is 0 Å². The molecule has 0 saturated carbocycles. The van der Waals surface area contributed by atoms with Crippen molar-refractivity contribution in [3.8, 4) is 0 Å². The molecule has 100 valence electrons. The Labute approximate surface area is 112 Å². The lowest BCUT2D eigenvalue weighted by Crippen LogP contribution is -1.99. The first-order valence-electron chi connectivity index (χ1n) is 6.81. The molecule has 0 saturated heterocycles. The Morgan fingerprint density at radius 2 is 1.79 bits per heavy atom. The molecule has 3 aromatic rings. The van der Waals surface area contributed by atoms with Crippen molar-refractivity contribution in [3.63, 3.8) is 0 Å². The van der Waals surface area contributed by atoms with Crippen molar-refractivity contribution >= 4 is 21.9 Å². The molecular formula is C16H19NO2. The second kappa shape index (κ2) is 4.74. The topological polar surface area (TPSA) is 52.3 Å². The van der Waals surface area contributed by atoms with Crippen molar-refractivity contribution in [2.45, 2.75) is 33.1 Å². The first-order valence-corrected chi connectivity index (χ1v) is 6.81. The molecule has 0 bridgehead atoms. The molecule has 0 aliphatic heterocycles. The molecule has 0 fully saturated rings. The molecule has 0 unspecified atom stereocenters. The molecule has 3 nitrogen and oxygen atoms in total. The lowest BCUT2D eigenvalue weighted by atomic mass is 10.0. The van der Waals surface area contributed by atoms with Crippen LogP contribution < -0.4 is 5.73 Å². The highest BCUT2D eigenvalue weighted by Gasteiger charge is 2.14. The van der Waals surface area contributed by atoms with Crippen LogP contribution in [-0.2, 0) is 6.42 Å². The molecule has 2 heterocycles. The summed E-state index contributed by atoms with van der Waals surface area (Å²) in [6.45, 7) is 4.70. The van der Waals surface area contributed by atoms with E-state index in [-0.39, 0.29) is 0 Å². The lowest BCUT2D eigenvalue weighted by molar-refractivity contribution is 0.571. The van der Waals surface area contributed by atoms with Gasteiger partial charge in [0.25, 0.3) is 0 Å². The van der Waals surface area contributed by atoms with Crippen molar-refractivity contribution in [1.29, 1.82) is 0 Å². The number of aryl methyl sites for hydroxylation is 3. The summed E-state index contributed by atoms with van der Waals surface area (Å²) >= 11 is 0. The van der Waals surface area contributed by atoms with Crippen molar-refractivity contribution in [2.75, 3.05) is 6.54 Å². The van der Waals surface area contributed by atoms with Gasteiger partial charge in [-0.1, -0.05) is 0 Å². The molecule has 0 amide bonds. The number of nitrogens with two attached hydrogens (primary N) is 1. The summed E-state index contributed by atoms with van der Waals surface area (Å²) < 4.78 is 11.6. The van der Waals surface area contributed by atoms with Crippen LogP contribution in [0.4, 0.5) is 0 Å². The fraction of sp³-hybridized carbons (Fsp3) is 0.375. The van der Waals surface area contributed by atoms with Crippen molar-refractivity contribution in [1.82, 2.24) is 0 Å². The largest absolute Gasteiger partial charge is 0.461 e. The molecule has 0 spiro atoms. The number of hydrogen-bond donors (Lipinski definition) is 1. The van der Waals surface area contributed by atoms with Gasteiger partial charge in [0, 0.05) is 16.3 Å². The molecule has 0 aliphatic rings. The summed E-state index contributed by atoms with van der Waals surface area (Å²) in [5, 5.41) is 2.30. The van der Waals surface area contributed by atoms with E-state index in [1.807, 2.05) is 13.8 Å². The van der Waals surface area contributed by atoms with Gasteiger partial charge >= 0.3 is 0 Å². The first-order chi connectivity index (χ1) is 9.19. The van der Waals surface area contributed by atoms with E-state index in [4.69, 9.17) is 14.6 Å². The van der Waals surface area contributed by atoms with E-state index in [1.54, 1.807) is 0 Å². The summed E-state index contributed by atoms with van der Waals surface area (Å²) in [6, 6.07) is 6.24. The fourth-order valence-corrected chi connectivity index (χ4v) is 2.71. The van der Waals surface area contributed by atoms with Gasteiger partial charge in [-0.25, -0.2) is 0 Å². The van der Waals surface area contributed by atoms with E-state index in [9.17, 15) is 0 Å². The van der Waals surface area contributed by atoms with Gasteiger partial charge in [0.05, 0.1) is 0 Å². The monoisotopic (exact) mass is 257 g/mol. The highest BCUT2D eigenvalue weighted by Crippen LogP contribution is 2.33. The van der Waals surface area contributed by atoms with Gasteiger partial charge in [-0.2, -0.15) is 0 Å². The smallest absolute Gasteiger partial charge is 0.138 e. The van der Waals surface area contributed by atoms with Crippen LogP contribution in [0.5, 0.6) is 0 Å². The summed E-state index contributed by atoms with van der Waals surface area (Å²) in [7, 11) is 0. The zero-order valence-electron chi connectivity index (χ0n) is 11.5. The molecule has 2 N–H and O–H groups in total. The van der Waals surface area contributed by atoms with Crippen LogP contribution in [0.3, 0.4) is 0 Å². The van der Waals surface area contributed by atoms with Crippen LogP contribution in [0.15, 0.2) is 27.0 Å². The summed E-state index contributed by atoms with van der Waals surface area (Å²) in [5.41, 5.74) is 8.79. The summed E-state index contributed by atoms with van der Waals surface area (Å²) in [4.78, 5) is 0. The molecule has 0 aliphatic carbocycles. The Bertz CT molecular complexity index is 666. The Kier molecular flexibility index (Phi) is 3.07. The Balaban J connectivity index is 2.19. The van der Waals surface area contributed by atoms with Crippen LogP contribution in [-0.4, -0.2) is 6.54 Å². The molecule has 0 radical (unpaired) electrons. The zero-order valence-corrected chi connectivity index (χ0v) is 11.5. The first kappa shape index (κ1) is 12.3. The van der Waals surface area contributed by atoms with Gasteiger partial charge in [-0.05, 0) is 57.9 Å². The maximum atomic E-state index is 5.87. The van der Waals surface area contributed by atoms with Crippen molar-refractivity contribution in [2.24, 2.45) is 5.73 Å². The lowest BCUT2D eigenvalue weighted by Gasteiger charge is -2.03. The minimum absolute atomic E-state index is 0.737. The normalized spacial score (nSPS) is 11.7. The maximum Gasteiger partial charge on any atom is 0.138 e. The Morgan fingerprint density at radius 3 is 2.58 bits per heavy atom. The van der Waals surface area contributed by atoms with Crippen molar-refractivity contribution < 1.29 is 8.83 Å². The SMILES string of the molecule is Cc1cc2c(CCCCN)c3oc(C)cc3cc2o1. The quantitative estimate of drug-likeness (QED) is 0.716. The molecular weight excluding hydrogens is 238 g/mol. The van der Waals surface area contributed by atoms with Crippen molar-refractivity contribution in [3.05, 3.63) is 35.3 Å². The highest BCUT2D eigenvalue weighted by atomic mass is 16.3. The molecule has 0 atom stereocenters. The standard InChI is InChI=1S/C16H19NO2/c1-10-7-12-9-15-14(8-11(2)18-15)13(16(12)19-10)5-3-4-6-17/h7-9H,3-6,17H2,1-2H3. The van der Waals surface area contributed by atoms with E-state index in [0.717, 1.165) is 53.9 Å². The third kappa shape index (κ3) is 2.15. The Hall–Kier alpha value is -1.74. The van der Waals surface area contributed by atoms with E-state index >= 15 is 0 Å². The van der Waals surface area contributed by atoms with E-state index in [2.05, 4.69) is 18.2 Å². The van der Waals surface area contributed by atoms with Gasteiger partial charge in [-0.3, -0.25) is 0 Å². The van der Waals surface area contributed by atoms with Gasteiger partial charge < -0.3 is 14.6 Å². The number of fused-ring (bicyclic) bond motifs is 2. The maximum absolute atomic E-state index is 5.87. The molecule has 19 heavy (non-hydrogen) atoms. The predicted octanol–water partition coefficient (Wildman–Crippen LogP) is 4.08. The minimum Gasteiger partial charge on any atom is -0.461 e. The van der Waals surface area contributed by atoms with E-state index in [0.29, 0.717) is 0 Å². The fourth-order valence-electron chi connectivity index (χ4n) is 2.71. The second-order valence-corrected chi connectivity index (χ2v) is 5.15. The van der Waals surface area contributed by atoms with Crippen LogP contribution in [0.1, 0.15) is 29.9 Å². The van der Waals surface area contributed by atoms with E-state index in [1.165, 1.54) is 10.9 Å². The van der Waals surface area contributed by atoms with Crippen LogP contribution in [0, 0.1) is 13.8 Å². The highest BCUT2D eigenvalue weighted by molar-refractivity contribution is 5.98. The Morgan fingerprint density at radius 1 is 1.00 bits per heavy atom.